The van der Waals surface area contributed by atoms with Crippen LogP contribution < -0.4 is 5.48 Å². The maximum Gasteiger partial charge on any atom is 0.294 e. The van der Waals surface area contributed by atoms with Gasteiger partial charge in [-0.3, -0.25) is 10.0 Å². The van der Waals surface area contributed by atoms with Crippen molar-refractivity contribution in [1.82, 2.24) is 15.4 Å². The molecule has 0 radical (unpaired) electrons. The number of benzene rings is 3. The van der Waals surface area contributed by atoms with Gasteiger partial charge in [0.05, 0.1) is 5.52 Å². The smallest absolute Gasteiger partial charge is 0.294 e. The number of hydrogen-bond acceptors (Lipinski definition) is 5. The summed E-state index contributed by atoms with van der Waals surface area (Å²) < 4.78 is 0. The molecule has 0 unspecified atom stereocenters. The number of nitrogens with one attached hydrogen (secondary N) is 1. The van der Waals surface area contributed by atoms with E-state index in [2.05, 4.69) is 34.2 Å². The molecule has 0 atom stereocenters. The molecule has 6 heteroatoms. The standard InChI is InChI=1S/C24H21N3O3/c28-15-3-4-16-7-9-17(10-8-16)18-11-13-19(14-12-18)23-25-21-6-2-1-5-20(21)22(26-23)24(29)27-30/h1-2,5-14,28,30H,3-4,15H2,(H,27,29). The van der Waals surface area contributed by atoms with Gasteiger partial charge in [0.1, 0.15) is 5.69 Å². The van der Waals surface area contributed by atoms with Gasteiger partial charge < -0.3 is 5.11 Å². The van der Waals surface area contributed by atoms with Crippen LogP contribution in [0.1, 0.15) is 22.5 Å². The van der Waals surface area contributed by atoms with E-state index in [1.165, 1.54) is 5.56 Å². The maximum atomic E-state index is 12.1. The zero-order valence-corrected chi connectivity index (χ0v) is 16.2. The highest BCUT2D eigenvalue weighted by Crippen LogP contribution is 2.26. The van der Waals surface area contributed by atoms with E-state index in [1.807, 2.05) is 30.3 Å². The molecule has 0 spiro atoms. The highest BCUT2D eigenvalue weighted by Gasteiger charge is 2.15. The molecule has 4 aromatic rings. The minimum absolute atomic E-state index is 0.126. The van der Waals surface area contributed by atoms with Crippen molar-refractivity contribution in [2.45, 2.75) is 12.8 Å². The monoisotopic (exact) mass is 399 g/mol. The number of aryl methyl sites for hydroxylation is 1. The summed E-state index contributed by atoms with van der Waals surface area (Å²) >= 11 is 0. The number of nitrogens with zero attached hydrogens (tertiary/aromatic N) is 2. The number of amides is 1. The molecule has 0 bridgehead atoms. The Morgan fingerprint density at radius 2 is 1.47 bits per heavy atom. The molecular formula is C24H21N3O3. The molecule has 1 heterocycles. The third-order valence-electron chi connectivity index (χ3n) is 4.97. The summed E-state index contributed by atoms with van der Waals surface area (Å²) in [6.45, 7) is 0.196. The van der Waals surface area contributed by atoms with Crippen molar-refractivity contribution < 1.29 is 15.1 Å². The van der Waals surface area contributed by atoms with Gasteiger partial charge in [-0.05, 0) is 35.6 Å². The van der Waals surface area contributed by atoms with Crippen molar-refractivity contribution in [1.29, 1.82) is 0 Å². The average Bonchev–Trinajstić information content (AvgIpc) is 2.82. The molecule has 0 saturated heterocycles. The minimum Gasteiger partial charge on any atom is -0.396 e. The number of aromatic nitrogens is 2. The number of para-hydroxylation sites is 1. The molecule has 0 aliphatic rings. The number of aliphatic hydroxyl groups excluding tert-OH is 1. The number of carbonyl (C=O) groups excluding carboxylic acids is 1. The van der Waals surface area contributed by atoms with Crippen molar-refractivity contribution >= 4 is 16.8 Å². The number of hydrogen-bond donors (Lipinski definition) is 3. The molecule has 0 saturated carbocycles. The molecule has 3 aromatic carbocycles. The fourth-order valence-corrected chi connectivity index (χ4v) is 3.39. The summed E-state index contributed by atoms with van der Waals surface area (Å²) in [5.74, 6) is -0.258. The Labute approximate surface area is 173 Å². The number of carbonyl (C=O) groups is 1. The first-order valence-corrected chi connectivity index (χ1v) is 9.71. The third kappa shape index (κ3) is 4.05. The average molecular weight is 399 g/mol. The van der Waals surface area contributed by atoms with Gasteiger partial charge in [0, 0.05) is 17.6 Å². The summed E-state index contributed by atoms with van der Waals surface area (Å²) in [5.41, 5.74) is 6.53. The van der Waals surface area contributed by atoms with Crippen LogP contribution in [0.4, 0.5) is 0 Å². The van der Waals surface area contributed by atoms with Crippen LogP contribution in [0.25, 0.3) is 33.4 Å². The second-order valence-electron chi connectivity index (χ2n) is 6.96. The molecule has 6 nitrogen and oxygen atoms in total. The van der Waals surface area contributed by atoms with E-state index in [1.54, 1.807) is 23.7 Å². The SMILES string of the molecule is O=C(NO)c1nc(-c2ccc(-c3ccc(CCCO)cc3)cc2)nc2ccccc12. The van der Waals surface area contributed by atoms with Crippen LogP contribution in [0.5, 0.6) is 0 Å². The molecule has 1 aromatic heterocycles. The Hall–Kier alpha value is -3.61. The Balaban J connectivity index is 1.66. The van der Waals surface area contributed by atoms with E-state index in [0.29, 0.717) is 16.7 Å². The highest BCUT2D eigenvalue weighted by molar-refractivity contribution is 6.04. The first kappa shape index (κ1) is 19.7. The van der Waals surface area contributed by atoms with Gasteiger partial charge in [-0.25, -0.2) is 15.4 Å². The zero-order chi connectivity index (χ0) is 20.9. The van der Waals surface area contributed by atoms with Gasteiger partial charge in [0.15, 0.2) is 5.82 Å². The van der Waals surface area contributed by atoms with E-state index in [0.717, 1.165) is 29.5 Å². The predicted octanol–water partition coefficient (Wildman–Crippen LogP) is 4.01. The summed E-state index contributed by atoms with van der Waals surface area (Å²) in [6, 6.07) is 23.3. The summed E-state index contributed by atoms with van der Waals surface area (Å²) in [7, 11) is 0. The maximum absolute atomic E-state index is 12.1. The van der Waals surface area contributed by atoms with Crippen LogP contribution in [-0.4, -0.2) is 32.8 Å². The number of rotatable bonds is 6. The molecule has 1 amide bonds. The summed E-state index contributed by atoms with van der Waals surface area (Å²) in [4.78, 5) is 21.0. The van der Waals surface area contributed by atoms with E-state index in [4.69, 9.17) is 10.3 Å². The normalized spacial score (nSPS) is 10.9. The fraction of sp³-hybridized carbons (Fsp3) is 0.125. The first-order chi connectivity index (χ1) is 14.7. The minimum atomic E-state index is -0.673. The van der Waals surface area contributed by atoms with Gasteiger partial charge in [-0.2, -0.15) is 0 Å². The van der Waals surface area contributed by atoms with Gasteiger partial charge in [-0.15, -0.1) is 0 Å². The van der Waals surface area contributed by atoms with Crippen molar-refractivity contribution in [3.63, 3.8) is 0 Å². The van der Waals surface area contributed by atoms with Crippen molar-refractivity contribution in [2.75, 3.05) is 6.61 Å². The largest absolute Gasteiger partial charge is 0.396 e. The summed E-state index contributed by atoms with van der Waals surface area (Å²) in [5, 5.41) is 18.6. The lowest BCUT2D eigenvalue weighted by molar-refractivity contribution is 0.0703. The van der Waals surface area contributed by atoms with Gasteiger partial charge >= 0.3 is 0 Å². The van der Waals surface area contributed by atoms with Crippen molar-refractivity contribution in [3.8, 4) is 22.5 Å². The Kier molecular flexibility index (Phi) is 5.79. The Morgan fingerprint density at radius 1 is 0.833 bits per heavy atom. The predicted molar refractivity (Wildman–Crippen MR) is 115 cm³/mol. The number of fused-ring (bicyclic) bond motifs is 1. The molecule has 30 heavy (non-hydrogen) atoms. The van der Waals surface area contributed by atoms with E-state index >= 15 is 0 Å². The van der Waals surface area contributed by atoms with Crippen molar-refractivity contribution in [2.24, 2.45) is 0 Å². The molecule has 0 fully saturated rings. The molecule has 150 valence electrons. The van der Waals surface area contributed by atoms with E-state index < -0.39 is 5.91 Å². The lowest BCUT2D eigenvalue weighted by atomic mass is 10.0. The van der Waals surface area contributed by atoms with Crippen LogP contribution in [0.3, 0.4) is 0 Å². The van der Waals surface area contributed by atoms with Crippen LogP contribution in [-0.2, 0) is 6.42 Å². The molecule has 0 aliphatic carbocycles. The van der Waals surface area contributed by atoms with Crippen LogP contribution in [0.15, 0.2) is 72.8 Å². The second kappa shape index (κ2) is 8.82. The topological polar surface area (TPSA) is 95.3 Å². The molecule has 0 aliphatic heterocycles. The highest BCUT2D eigenvalue weighted by atomic mass is 16.5. The zero-order valence-electron chi connectivity index (χ0n) is 16.2. The van der Waals surface area contributed by atoms with Gasteiger partial charge in [-0.1, -0.05) is 66.7 Å². The Bertz CT molecular complexity index is 1170. The first-order valence-electron chi connectivity index (χ1n) is 9.71. The lowest BCUT2D eigenvalue weighted by Gasteiger charge is -2.09. The molecule has 4 rings (SSSR count). The summed E-state index contributed by atoms with van der Waals surface area (Å²) in [6.07, 6.45) is 1.62. The molecular weight excluding hydrogens is 378 g/mol. The number of hydroxylamine groups is 1. The second-order valence-corrected chi connectivity index (χ2v) is 6.96. The third-order valence-corrected chi connectivity index (χ3v) is 4.97. The Morgan fingerprint density at radius 3 is 2.13 bits per heavy atom. The van der Waals surface area contributed by atoms with Crippen LogP contribution in [0.2, 0.25) is 0 Å². The van der Waals surface area contributed by atoms with Crippen molar-refractivity contribution in [3.05, 3.63) is 84.1 Å². The van der Waals surface area contributed by atoms with Crippen LogP contribution >= 0.6 is 0 Å². The van der Waals surface area contributed by atoms with E-state index in [9.17, 15) is 4.79 Å². The fourth-order valence-electron chi connectivity index (χ4n) is 3.39. The number of aliphatic hydroxyl groups is 1. The quantitative estimate of drug-likeness (QED) is 0.336. The lowest BCUT2D eigenvalue weighted by Crippen LogP contribution is -2.21. The van der Waals surface area contributed by atoms with E-state index in [-0.39, 0.29) is 12.3 Å². The van der Waals surface area contributed by atoms with Crippen LogP contribution in [0, 0.1) is 0 Å². The molecule has 3 N–H and O–H groups in total. The van der Waals surface area contributed by atoms with Gasteiger partial charge in [0.25, 0.3) is 5.91 Å². The van der Waals surface area contributed by atoms with Gasteiger partial charge in [0.2, 0.25) is 0 Å².